The van der Waals surface area contributed by atoms with E-state index < -0.39 is 17.0 Å². The van der Waals surface area contributed by atoms with Crippen molar-refractivity contribution in [2.75, 3.05) is 19.6 Å². The molecule has 0 bridgehead atoms. The lowest BCUT2D eigenvalue weighted by molar-refractivity contribution is -0.129. The van der Waals surface area contributed by atoms with Crippen molar-refractivity contribution in [1.82, 2.24) is 19.8 Å². The Bertz CT molecular complexity index is 938. The monoisotopic (exact) mass is 344 g/mol. The number of hydrogen-bond acceptors (Lipinski definition) is 4. The van der Waals surface area contributed by atoms with Gasteiger partial charge in [0.2, 0.25) is 5.91 Å². The van der Waals surface area contributed by atoms with Gasteiger partial charge < -0.3 is 19.8 Å². The fraction of sp³-hybridized carbons (Fsp3) is 0.412. The number of aryl methyl sites for hydroxylation is 1. The minimum atomic E-state index is -0.726. The van der Waals surface area contributed by atoms with Crippen LogP contribution in [0.15, 0.2) is 27.8 Å². The Labute approximate surface area is 143 Å². The summed E-state index contributed by atoms with van der Waals surface area (Å²) in [4.78, 5) is 52.0. The molecule has 0 atom stereocenters. The number of benzene rings is 1. The molecule has 2 amide bonds. The van der Waals surface area contributed by atoms with Crippen molar-refractivity contribution in [1.29, 1.82) is 0 Å². The number of aromatic nitrogens is 2. The summed E-state index contributed by atoms with van der Waals surface area (Å²) in [7, 11) is 0. The van der Waals surface area contributed by atoms with Crippen LogP contribution in [-0.4, -0.2) is 45.9 Å². The highest BCUT2D eigenvalue weighted by molar-refractivity contribution is 5.99. The summed E-state index contributed by atoms with van der Waals surface area (Å²) in [6, 6.07) is 4.70. The SMILES string of the molecule is CCn1c(=O)c(=O)[nH]c2cc(C(=O)NCC(=O)N3CCCC3)ccc21. The van der Waals surface area contributed by atoms with Crippen LogP contribution in [0.2, 0.25) is 0 Å². The van der Waals surface area contributed by atoms with Crippen LogP contribution in [0.25, 0.3) is 11.0 Å². The van der Waals surface area contributed by atoms with Crippen molar-refractivity contribution in [3.8, 4) is 0 Å². The summed E-state index contributed by atoms with van der Waals surface area (Å²) in [6.45, 7) is 3.54. The van der Waals surface area contributed by atoms with E-state index in [1.165, 1.54) is 10.6 Å². The van der Waals surface area contributed by atoms with Crippen LogP contribution in [-0.2, 0) is 11.3 Å². The molecule has 0 saturated carbocycles. The first kappa shape index (κ1) is 16.9. The van der Waals surface area contributed by atoms with E-state index in [2.05, 4.69) is 10.3 Å². The van der Waals surface area contributed by atoms with Gasteiger partial charge in [0.05, 0.1) is 17.6 Å². The quantitative estimate of drug-likeness (QED) is 0.765. The van der Waals surface area contributed by atoms with Gasteiger partial charge in [0.15, 0.2) is 0 Å². The Kier molecular flexibility index (Phi) is 4.69. The molecule has 1 fully saturated rings. The molecule has 1 aromatic carbocycles. The molecule has 8 heteroatoms. The third kappa shape index (κ3) is 3.33. The first-order valence-electron chi connectivity index (χ1n) is 8.34. The minimum Gasteiger partial charge on any atom is -0.343 e. The molecule has 1 aromatic heterocycles. The van der Waals surface area contributed by atoms with Crippen LogP contribution in [0.1, 0.15) is 30.1 Å². The lowest BCUT2D eigenvalue weighted by atomic mass is 10.1. The average molecular weight is 344 g/mol. The van der Waals surface area contributed by atoms with Crippen molar-refractivity contribution in [2.24, 2.45) is 0 Å². The molecule has 1 aliphatic heterocycles. The van der Waals surface area contributed by atoms with E-state index in [1.54, 1.807) is 24.0 Å². The van der Waals surface area contributed by atoms with Gasteiger partial charge in [0, 0.05) is 25.2 Å². The van der Waals surface area contributed by atoms with E-state index in [-0.39, 0.29) is 12.5 Å². The highest BCUT2D eigenvalue weighted by Crippen LogP contribution is 2.12. The molecule has 0 radical (unpaired) electrons. The first-order chi connectivity index (χ1) is 12.0. The number of hydrogen-bond donors (Lipinski definition) is 2. The predicted molar refractivity (Wildman–Crippen MR) is 92.6 cm³/mol. The number of carbonyl (C=O) groups excluding carboxylic acids is 2. The summed E-state index contributed by atoms with van der Waals surface area (Å²) in [5.74, 6) is -0.496. The second-order valence-electron chi connectivity index (χ2n) is 6.01. The molecule has 1 saturated heterocycles. The molecule has 8 nitrogen and oxygen atoms in total. The highest BCUT2D eigenvalue weighted by atomic mass is 16.2. The summed E-state index contributed by atoms with van der Waals surface area (Å²) in [5, 5.41) is 2.60. The van der Waals surface area contributed by atoms with Gasteiger partial charge in [-0.3, -0.25) is 19.2 Å². The van der Waals surface area contributed by atoms with Gasteiger partial charge in [0.25, 0.3) is 5.91 Å². The van der Waals surface area contributed by atoms with Crippen molar-refractivity contribution < 1.29 is 9.59 Å². The summed E-state index contributed by atoms with van der Waals surface area (Å²) in [6.07, 6.45) is 1.99. The molecular weight excluding hydrogens is 324 g/mol. The highest BCUT2D eigenvalue weighted by Gasteiger charge is 2.18. The fourth-order valence-corrected chi connectivity index (χ4v) is 3.07. The van der Waals surface area contributed by atoms with E-state index in [0.29, 0.717) is 23.1 Å². The van der Waals surface area contributed by atoms with Crippen molar-refractivity contribution in [3.63, 3.8) is 0 Å². The number of amides is 2. The number of H-pyrrole nitrogens is 1. The smallest absolute Gasteiger partial charge is 0.316 e. The van der Waals surface area contributed by atoms with Crippen LogP contribution in [0.4, 0.5) is 0 Å². The largest absolute Gasteiger partial charge is 0.343 e. The maximum absolute atomic E-state index is 12.3. The maximum Gasteiger partial charge on any atom is 0.316 e. The number of fused-ring (bicyclic) bond motifs is 1. The van der Waals surface area contributed by atoms with Crippen LogP contribution >= 0.6 is 0 Å². The van der Waals surface area contributed by atoms with E-state index >= 15 is 0 Å². The van der Waals surface area contributed by atoms with Gasteiger partial charge in [-0.15, -0.1) is 0 Å². The lowest BCUT2D eigenvalue weighted by Gasteiger charge is -2.15. The van der Waals surface area contributed by atoms with Crippen molar-refractivity contribution in [2.45, 2.75) is 26.3 Å². The van der Waals surface area contributed by atoms with Gasteiger partial charge in [-0.1, -0.05) is 0 Å². The summed E-state index contributed by atoms with van der Waals surface area (Å²) < 4.78 is 1.35. The minimum absolute atomic E-state index is 0.0537. The zero-order valence-corrected chi connectivity index (χ0v) is 14.0. The van der Waals surface area contributed by atoms with Gasteiger partial charge >= 0.3 is 11.1 Å². The number of rotatable bonds is 4. The number of aromatic amines is 1. The van der Waals surface area contributed by atoms with Crippen LogP contribution in [0, 0.1) is 0 Å². The molecule has 2 aromatic rings. The van der Waals surface area contributed by atoms with Crippen molar-refractivity contribution in [3.05, 3.63) is 44.5 Å². The molecule has 0 aliphatic carbocycles. The summed E-state index contributed by atoms with van der Waals surface area (Å²) >= 11 is 0. The first-order valence-corrected chi connectivity index (χ1v) is 8.34. The standard InChI is InChI=1S/C17H20N4O4/c1-2-21-13-6-5-11(9-12(13)19-16(24)17(21)25)15(23)18-10-14(22)20-7-3-4-8-20/h5-6,9H,2-4,7-8,10H2,1H3,(H,18,23)(H,19,24). The van der Waals surface area contributed by atoms with Crippen LogP contribution < -0.4 is 16.4 Å². The number of nitrogens with one attached hydrogen (secondary N) is 2. The Morgan fingerprint density at radius 3 is 2.60 bits per heavy atom. The second-order valence-corrected chi connectivity index (χ2v) is 6.01. The van der Waals surface area contributed by atoms with Crippen molar-refractivity contribution >= 4 is 22.8 Å². The molecular formula is C17H20N4O4. The molecule has 2 N–H and O–H groups in total. The Morgan fingerprint density at radius 1 is 1.20 bits per heavy atom. The molecule has 1 aliphatic rings. The molecule has 2 heterocycles. The van der Waals surface area contributed by atoms with Gasteiger partial charge in [-0.25, -0.2) is 0 Å². The van der Waals surface area contributed by atoms with Gasteiger partial charge in [-0.05, 0) is 38.0 Å². The van der Waals surface area contributed by atoms with Crippen LogP contribution in [0.5, 0.6) is 0 Å². The molecule has 3 rings (SSSR count). The zero-order valence-electron chi connectivity index (χ0n) is 14.0. The molecule has 25 heavy (non-hydrogen) atoms. The Balaban J connectivity index is 1.80. The maximum atomic E-state index is 12.3. The van der Waals surface area contributed by atoms with E-state index in [1.807, 2.05) is 0 Å². The third-order valence-corrected chi connectivity index (χ3v) is 4.41. The lowest BCUT2D eigenvalue weighted by Crippen LogP contribution is -2.38. The van der Waals surface area contributed by atoms with E-state index in [4.69, 9.17) is 0 Å². The third-order valence-electron chi connectivity index (χ3n) is 4.41. The number of likely N-dealkylation sites (tertiary alicyclic amines) is 1. The van der Waals surface area contributed by atoms with Crippen LogP contribution in [0.3, 0.4) is 0 Å². The zero-order chi connectivity index (χ0) is 18.0. The molecule has 0 spiro atoms. The predicted octanol–water partition coefficient (Wildman–Crippen LogP) is 0.0619. The normalized spacial score (nSPS) is 14.0. The number of nitrogens with zero attached hydrogens (tertiary/aromatic N) is 2. The molecule has 132 valence electrons. The average Bonchev–Trinajstić information content (AvgIpc) is 3.15. The van der Waals surface area contributed by atoms with Gasteiger partial charge in [-0.2, -0.15) is 0 Å². The fourth-order valence-electron chi connectivity index (χ4n) is 3.07. The van der Waals surface area contributed by atoms with E-state index in [9.17, 15) is 19.2 Å². The summed E-state index contributed by atoms with van der Waals surface area (Å²) in [5.41, 5.74) is -0.0695. The topological polar surface area (TPSA) is 104 Å². The molecule has 0 unspecified atom stereocenters. The Morgan fingerprint density at radius 2 is 1.92 bits per heavy atom. The number of carbonyl (C=O) groups is 2. The van der Waals surface area contributed by atoms with E-state index in [0.717, 1.165) is 25.9 Å². The second kappa shape index (κ2) is 6.92. The van der Waals surface area contributed by atoms with Gasteiger partial charge in [0.1, 0.15) is 0 Å². The Hall–Kier alpha value is -2.90.